The number of halogens is 1. The Morgan fingerprint density at radius 1 is 1.29 bits per heavy atom. The molecule has 0 spiro atoms. The van der Waals surface area contributed by atoms with Gasteiger partial charge in [-0.3, -0.25) is 10.4 Å². The van der Waals surface area contributed by atoms with E-state index in [-0.39, 0.29) is 0 Å². The minimum atomic E-state index is 0.675. The van der Waals surface area contributed by atoms with Crippen molar-refractivity contribution in [3.05, 3.63) is 46.9 Å². The van der Waals surface area contributed by atoms with Gasteiger partial charge in [0.1, 0.15) is 11.7 Å². The monoisotopic (exact) mass is 301 g/mol. The molecule has 5 nitrogen and oxygen atoms in total. The molecule has 1 aromatic heterocycles. The standard InChI is InChI=1S/C15H16ClN5/c1-10-3-4-12(9-13(10)16)21-8-6-15(20-21)19-14-5-7-17-11(2)18-14/h3-5,7,9H,6,8H2,1-2H3,(H,17,18,19,20). The van der Waals surface area contributed by atoms with E-state index in [0.29, 0.717) is 5.82 Å². The average Bonchev–Trinajstić information content (AvgIpc) is 2.90. The van der Waals surface area contributed by atoms with Crippen molar-refractivity contribution in [2.45, 2.75) is 20.3 Å². The topological polar surface area (TPSA) is 53.4 Å². The zero-order valence-corrected chi connectivity index (χ0v) is 12.7. The lowest BCUT2D eigenvalue weighted by Gasteiger charge is -2.18. The van der Waals surface area contributed by atoms with E-state index in [1.165, 1.54) is 0 Å². The maximum absolute atomic E-state index is 6.17. The minimum absolute atomic E-state index is 0.675. The number of aliphatic imine (C=N–C) groups is 1. The van der Waals surface area contributed by atoms with Crippen LogP contribution in [0.4, 0.5) is 11.5 Å². The van der Waals surface area contributed by atoms with Gasteiger partial charge in [0.05, 0.1) is 5.69 Å². The smallest absolute Gasteiger partial charge is 0.157 e. The summed E-state index contributed by atoms with van der Waals surface area (Å²) in [5.41, 5.74) is 5.40. The summed E-state index contributed by atoms with van der Waals surface area (Å²) in [6, 6.07) is 7.82. The minimum Gasteiger partial charge on any atom is -0.286 e. The summed E-state index contributed by atoms with van der Waals surface area (Å²) in [4.78, 5) is 12.9. The number of rotatable bonds is 2. The third kappa shape index (κ3) is 3.13. The van der Waals surface area contributed by atoms with Crippen LogP contribution >= 0.6 is 11.6 Å². The van der Waals surface area contributed by atoms with E-state index < -0.39 is 0 Å². The van der Waals surface area contributed by atoms with E-state index in [9.17, 15) is 0 Å². The van der Waals surface area contributed by atoms with Gasteiger partial charge in [0.2, 0.25) is 0 Å². The Labute approximate surface area is 128 Å². The van der Waals surface area contributed by atoms with Crippen molar-refractivity contribution in [1.82, 2.24) is 15.4 Å². The van der Waals surface area contributed by atoms with Crippen molar-refractivity contribution < 1.29 is 0 Å². The first-order valence-corrected chi connectivity index (χ1v) is 7.17. The first-order chi connectivity index (χ1) is 10.1. The van der Waals surface area contributed by atoms with Crippen molar-refractivity contribution in [3.63, 3.8) is 0 Å². The van der Waals surface area contributed by atoms with E-state index in [2.05, 4.69) is 20.4 Å². The molecule has 21 heavy (non-hydrogen) atoms. The zero-order chi connectivity index (χ0) is 14.8. The van der Waals surface area contributed by atoms with Gasteiger partial charge < -0.3 is 0 Å². The summed E-state index contributed by atoms with van der Waals surface area (Å²) in [5.74, 6) is 2.29. The van der Waals surface area contributed by atoms with Crippen molar-refractivity contribution in [3.8, 4) is 0 Å². The maximum atomic E-state index is 6.17. The van der Waals surface area contributed by atoms with Crippen LogP contribution in [0.1, 0.15) is 17.8 Å². The van der Waals surface area contributed by atoms with Crippen LogP contribution in [0.3, 0.4) is 0 Å². The molecule has 3 rings (SSSR count). The van der Waals surface area contributed by atoms with Gasteiger partial charge in [0.15, 0.2) is 5.82 Å². The molecule has 1 aliphatic rings. The van der Waals surface area contributed by atoms with Gasteiger partial charge in [0, 0.05) is 30.3 Å². The number of aryl methyl sites for hydroxylation is 2. The van der Waals surface area contributed by atoms with Gasteiger partial charge in [0.25, 0.3) is 0 Å². The third-order valence-electron chi connectivity index (χ3n) is 3.31. The van der Waals surface area contributed by atoms with E-state index in [4.69, 9.17) is 11.6 Å². The maximum Gasteiger partial charge on any atom is 0.157 e. The molecule has 0 atom stereocenters. The number of hydrogen-bond acceptors (Lipinski definition) is 4. The first kappa shape index (κ1) is 13.8. The Kier molecular flexibility index (Phi) is 3.75. The predicted molar refractivity (Wildman–Crippen MR) is 85.2 cm³/mol. The fourth-order valence-corrected chi connectivity index (χ4v) is 2.33. The number of hydrazine groups is 1. The predicted octanol–water partition coefficient (Wildman–Crippen LogP) is 3.19. The summed E-state index contributed by atoms with van der Waals surface area (Å²) in [5, 5.41) is 2.81. The molecule has 0 saturated carbocycles. The molecule has 108 valence electrons. The van der Waals surface area contributed by atoms with Gasteiger partial charge in [-0.1, -0.05) is 17.7 Å². The second kappa shape index (κ2) is 5.69. The number of hydrogen-bond donors (Lipinski definition) is 1. The molecular weight excluding hydrogens is 286 g/mol. The summed E-state index contributed by atoms with van der Waals surface area (Å²) in [6.07, 6.45) is 2.56. The average molecular weight is 302 g/mol. The Morgan fingerprint density at radius 2 is 2.14 bits per heavy atom. The van der Waals surface area contributed by atoms with Crippen molar-refractivity contribution in [1.29, 1.82) is 0 Å². The molecule has 0 aliphatic carbocycles. The molecule has 1 aliphatic heterocycles. The summed E-state index contributed by atoms with van der Waals surface area (Å²) < 4.78 is 0. The van der Waals surface area contributed by atoms with E-state index in [1.807, 2.05) is 37.1 Å². The van der Waals surface area contributed by atoms with Gasteiger partial charge in [-0.05, 0) is 31.5 Å². The fraction of sp³-hybridized carbons (Fsp3) is 0.267. The molecular formula is C15H16ClN5. The van der Waals surface area contributed by atoms with Crippen LogP contribution in [0.15, 0.2) is 35.5 Å². The van der Waals surface area contributed by atoms with Crippen molar-refractivity contribution in [2.75, 3.05) is 11.6 Å². The molecule has 0 unspecified atom stereocenters. The van der Waals surface area contributed by atoms with Crippen LogP contribution in [0, 0.1) is 13.8 Å². The summed E-state index contributed by atoms with van der Waals surface area (Å²) in [6.45, 7) is 4.70. The van der Waals surface area contributed by atoms with Gasteiger partial charge in [-0.2, -0.15) is 0 Å². The molecule has 6 heteroatoms. The normalized spacial score (nSPS) is 16.3. The highest BCUT2D eigenvalue weighted by molar-refractivity contribution is 6.31. The lowest BCUT2D eigenvalue weighted by atomic mass is 10.2. The quantitative estimate of drug-likeness (QED) is 0.925. The van der Waals surface area contributed by atoms with E-state index in [0.717, 1.165) is 40.9 Å². The van der Waals surface area contributed by atoms with Crippen LogP contribution in [-0.2, 0) is 0 Å². The summed E-state index contributed by atoms with van der Waals surface area (Å²) >= 11 is 6.17. The van der Waals surface area contributed by atoms with Crippen LogP contribution in [0.2, 0.25) is 5.02 Å². The van der Waals surface area contributed by atoms with Crippen LogP contribution < -0.4 is 10.4 Å². The molecule has 0 radical (unpaired) electrons. The molecule has 1 fully saturated rings. The number of benzene rings is 1. The molecule has 0 amide bonds. The Balaban J connectivity index is 1.77. The van der Waals surface area contributed by atoms with Gasteiger partial charge >= 0.3 is 0 Å². The lowest BCUT2D eigenvalue weighted by molar-refractivity contribution is 0.857. The molecule has 1 saturated heterocycles. The number of aromatic nitrogens is 2. The number of anilines is 1. The molecule has 1 N–H and O–H groups in total. The SMILES string of the molecule is Cc1nccc(N=C2CCN(c3ccc(C)c(Cl)c3)N2)n1. The molecule has 0 bridgehead atoms. The second-order valence-corrected chi connectivity index (χ2v) is 5.37. The Bertz CT molecular complexity index is 698. The van der Waals surface area contributed by atoms with Crippen molar-refractivity contribution >= 4 is 28.9 Å². The Morgan fingerprint density at radius 3 is 2.90 bits per heavy atom. The molecule has 1 aromatic carbocycles. The highest BCUT2D eigenvalue weighted by Gasteiger charge is 2.18. The van der Waals surface area contributed by atoms with E-state index >= 15 is 0 Å². The Hall–Kier alpha value is -2.14. The third-order valence-corrected chi connectivity index (χ3v) is 3.72. The largest absolute Gasteiger partial charge is 0.286 e. The highest BCUT2D eigenvalue weighted by Crippen LogP contribution is 2.24. The molecule has 2 aromatic rings. The first-order valence-electron chi connectivity index (χ1n) is 6.79. The van der Waals surface area contributed by atoms with Crippen molar-refractivity contribution in [2.24, 2.45) is 4.99 Å². The molecule has 2 heterocycles. The lowest BCUT2D eigenvalue weighted by Crippen LogP contribution is -2.33. The fourth-order valence-electron chi connectivity index (χ4n) is 2.15. The number of nitrogens with one attached hydrogen (secondary N) is 1. The number of nitrogens with zero attached hydrogens (tertiary/aromatic N) is 4. The summed E-state index contributed by atoms with van der Waals surface area (Å²) in [7, 11) is 0. The highest BCUT2D eigenvalue weighted by atomic mass is 35.5. The van der Waals surface area contributed by atoms with Crippen LogP contribution in [0.25, 0.3) is 0 Å². The van der Waals surface area contributed by atoms with Gasteiger partial charge in [-0.25, -0.2) is 15.0 Å². The zero-order valence-electron chi connectivity index (χ0n) is 12.0. The van der Waals surface area contributed by atoms with E-state index in [1.54, 1.807) is 12.3 Å². The number of amidine groups is 1. The van der Waals surface area contributed by atoms with Crippen LogP contribution in [-0.4, -0.2) is 22.3 Å². The van der Waals surface area contributed by atoms with Crippen LogP contribution in [0.5, 0.6) is 0 Å². The van der Waals surface area contributed by atoms with Gasteiger partial charge in [-0.15, -0.1) is 0 Å². The second-order valence-electron chi connectivity index (χ2n) is 4.97.